The molecule has 2 aromatic rings. The number of unbranched alkanes of at least 4 members (excludes halogenated alkanes) is 2. The molecule has 5 heteroatoms. The lowest BCUT2D eigenvalue weighted by molar-refractivity contribution is 0.614. The quantitative estimate of drug-likeness (QED) is 0.752. The lowest BCUT2D eigenvalue weighted by Gasteiger charge is -2.15. The minimum Gasteiger partial charge on any atom is -0.372 e. The molecule has 2 rings (SSSR count). The summed E-state index contributed by atoms with van der Waals surface area (Å²) in [5.74, 6) is 1.69. The van der Waals surface area contributed by atoms with Crippen molar-refractivity contribution in [3.63, 3.8) is 0 Å². The average molecular weight is 261 g/mol. The number of hydrogen-bond acceptors (Lipinski definition) is 4. The molecule has 0 spiro atoms. The zero-order valence-corrected chi connectivity index (χ0v) is 12.0. The first-order valence-corrected chi connectivity index (χ1v) is 7.02. The minimum atomic E-state index is 0.409. The van der Waals surface area contributed by atoms with Gasteiger partial charge in [-0.05, 0) is 13.3 Å². The third-order valence-electron chi connectivity index (χ3n) is 3.25. The topological polar surface area (TPSA) is 54.2 Å². The molecule has 0 bridgehead atoms. The van der Waals surface area contributed by atoms with E-state index in [0.717, 1.165) is 23.7 Å². The Bertz CT molecular complexity index is 520. The summed E-state index contributed by atoms with van der Waals surface area (Å²) in [5, 5.41) is 6.55. The predicted octanol–water partition coefficient (Wildman–Crippen LogP) is 3.15. The largest absolute Gasteiger partial charge is 0.372 e. The molecule has 0 aliphatic heterocycles. The van der Waals surface area contributed by atoms with Crippen LogP contribution in [0.25, 0.3) is 5.65 Å². The van der Waals surface area contributed by atoms with Gasteiger partial charge in [0.05, 0.1) is 6.20 Å². The van der Waals surface area contributed by atoms with E-state index in [-0.39, 0.29) is 0 Å². The molecule has 0 aromatic carbocycles. The molecule has 0 fully saturated rings. The highest BCUT2D eigenvalue weighted by molar-refractivity contribution is 5.65. The zero-order chi connectivity index (χ0) is 13.7. The Kier molecular flexibility index (Phi) is 4.60. The highest BCUT2D eigenvalue weighted by atomic mass is 15.1. The second-order valence-corrected chi connectivity index (χ2v) is 4.92. The van der Waals surface area contributed by atoms with Gasteiger partial charge in [-0.15, -0.1) is 0 Å². The summed E-state index contributed by atoms with van der Waals surface area (Å²) in [6, 6.07) is 0.409. The second kappa shape index (κ2) is 6.41. The molecule has 0 amide bonds. The molecular weight excluding hydrogens is 238 g/mol. The second-order valence-electron chi connectivity index (χ2n) is 4.92. The van der Waals surface area contributed by atoms with Crippen LogP contribution in [0.4, 0.5) is 11.6 Å². The molecule has 2 heterocycles. The Morgan fingerprint density at radius 1 is 1.37 bits per heavy atom. The van der Waals surface area contributed by atoms with Crippen LogP contribution in [0.15, 0.2) is 18.6 Å². The van der Waals surface area contributed by atoms with Gasteiger partial charge >= 0.3 is 0 Å². The van der Waals surface area contributed by atoms with Crippen LogP contribution in [-0.4, -0.2) is 27.5 Å². The van der Waals surface area contributed by atoms with Crippen LogP contribution in [0.5, 0.6) is 0 Å². The molecule has 1 unspecified atom stereocenters. The Labute approximate surface area is 114 Å². The van der Waals surface area contributed by atoms with Gasteiger partial charge in [-0.25, -0.2) is 9.97 Å². The van der Waals surface area contributed by atoms with Crippen LogP contribution in [0, 0.1) is 0 Å². The number of nitrogens with zero attached hydrogens (tertiary/aromatic N) is 3. The van der Waals surface area contributed by atoms with Gasteiger partial charge in [-0.1, -0.05) is 26.2 Å². The molecule has 0 aliphatic carbocycles. The first-order chi connectivity index (χ1) is 9.24. The highest BCUT2D eigenvalue weighted by Gasteiger charge is 2.09. The van der Waals surface area contributed by atoms with Crippen molar-refractivity contribution in [3.8, 4) is 0 Å². The summed E-state index contributed by atoms with van der Waals surface area (Å²) < 4.78 is 1.99. The molecule has 0 radical (unpaired) electrons. The number of hydrogen-bond donors (Lipinski definition) is 2. The lowest BCUT2D eigenvalue weighted by atomic mass is 10.1. The molecule has 19 heavy (non-hydrogen) atoms. The van der Waals surface area contributed by atoms with Crippen molar-refractivity contribution >= 4 is 17.3 Å². The maximum absolute atomic E-state index is 4.55. The fourth-order valence-corrected chi connectivity index (χ4v) is 2.16. The molecule has 0 aliphatic rings. The van der Waals surface area contributed by atoms with E-state index in [0.29, 0.717) is 6.04 Å². The standard InChI is InChI=1S/C14H23N5/c1-4-5-6-7-11(2)17-13-14-16-8-9-19(14)10-12(15-3)18-13/h8-11,15H,4-7H2,1-3H3,(H,17,18). The third kappa shape index (κ3) is 3.36. The molecule has 1 atom stereocenters. The van der Waals surface area contributed by atoms with Gasteiger partial charge in [0, 0.05) is 25.5 Å². The van der Waals surface area contributed by atoms with Crippen molar-refractivity contribution in [3.05, 3.63) is 18.6 Å². The number of aromatic nitrogens is 3. The summed E-state index contributed by atoms with van der Waals surface area (Å²) in [6.07, 6.45) is 10.6. The molecule has 0 saturated heterocycles. The highest BCUT2D eigenvalue weighted by Crippen LogP contribution is 2.18. The van der Waals surface area contributed by atoms with Crippen molar-refractivity contribution in [2.75, 3.05) is 17.7 Å². The zero-order valence-electron chi connectivity index (χ0n) is 12.0. The molecule has 5 nitrogen and oxygen atoms in total. The van der Waals surface area contributed by atoms with Crippen LogP contribution in [0.3, 0.4) is 0 Å². The van der Waals surface area contributed by atoms with E-state index >= 15 is 0 Å². The Balaban J connectivity index is 2.12. The van der Waals surface area contributed by atoms with Gasteiger partial charge in [-0.2, -0.15) is 0 Å². The maximum Gasteiger partial charge on any atom is 0.180 e. The molecule has 2 N–H and O–H groups in total. The first kappa shape index (κ1) is 13.6. The van der Waals surface area contributed by atoms with E-state index in [1.54, 1.807) is 6.20 Å². The molecule has 0 saturated carbocycles. The van der Waals surface area contributed by atoms with Crippen molar-refractivity contribution in [2.24, 2.45) is 0 Å². The smallest absolute Gasteiger partial charge is 0.180 e. The van der Waals surface area contributed by atoms with Gasteiger partial charge < -0.3 is 15.0 Å². The van der Waals surface area contributed by atoms with Crippen LogP contribution < -0.4 is 10.6 Å². The van der Waals surface area contributed by atoms with E-state index in [1.807, 2.05) is 23.8 Å². The summed E-state index contributed by atoms with van der Waals surface area (Å²) in [5.41, 5.74) is 0.876. The number of nitrogens with one attached hydrogen (secondary N) is 2. The van der Waals surface area contributed by atoms with E-state index in [1.165, 1.54) is 19.3 Å². The normalized spacial score (nSPS) is 12.6. The van der Waals surface area contributed by atoms with Crippen LogP contribution >= 0.6 is 0 Å². The van der Waals surface area contributed by atoms with Gasteiger partial charge in [0.25, 0.3) is 0 Å². The lowest BCUT2D eigenvalue weighted by Crippen LogP contribution is -2.17. The number of anilines is 2. The van der Waals surface area contributed by atoms with Crippen molar-refractivity contribution < 1.29 is 0 Å². The molecule has 104 valence electrons. The first-order valence-electron chi connectivity index (χ1n) is 7.02. The predicted molar refractivity (Wildman–Crippen MR) is 79.8 cm³/mol. The van der Waals surface area contributed by atoms with Crippen LogP contribution in [-0.2, 0) is 0 Å². The van der Waals surface area contributed by atoms with E-state index in [2.05, 4.69) is 34.4 Å². The fourth-order valence-electron chi connectivity index (χ4n) is 2.16. The van der Waals surface area contributed by atoms with Crippen LogP contribution in [0.2, 0.25) is 0 Å². The summed E-state index contributed by atoms with van der Waals surface area (Å²) in [6.45, 7) is 4.42. The van der Waals surface area contributed by atoms with Gasteiger partial charge in [-0.3, -0.25) is 0 Å². The SMILES string of the molecule is CCCCCC(C)Nc1nc(NC)cn2ccnc12. The average Bonchev–Trinajstić information content (AvgIpc) is 2.87. The number of imidazole rings is 1. The van der Waals surface area contributed by atoms with Gasteiger partial charge in [0.1, 0.15) is 5.82 Å². The van der Waals surface area contributed by atoms with Crippen molar-refractivity contribution in [2.45, 2.75) is 45.6 Å². The summed E-state index contributed by atoms with van der Waals surface area (Å²) >= 11 is 0. The van der Waals surface area contributed by atoms with E-state index in [4.69, 9.17) is 0 Å². The summed E-state index contributed by atoms with van der Waals surface area (Å²) in [7, 11) is 1.87. The fraction of sp³-hybridized carbons (Fsp3) is 0.571. The maximum atomic E-state index is 4.55. The van der Waals surface area contributed by atoms with Gasteiger partial charge in [0.2, 0.25) is 0 Å². The Hall–Kier alpha value is -1.78. The number of fused-ring (bicyclic) bond motifs is 1. The minimum absolute atomic E-state index is 0.409. The molecule has 2 aromatic heterocycles. The Morgan fingerprint density at radius 3 is 2.95 bits per heavy atom. The third-order valence-corrected chi connectivity index (χ3v) is 3.25. The summed E-state index contributed by atoms with van der Waals surface area (Å²) in [4.78, 5) is 8.91. The Morgan fingerprint density at radius 2 is 2.21 bits per heavy atom. The number of rotatable bonds is 7. The van der Waals surface area contributed by atoms with E-state index < -0.39 is 0 Å². The monoisotopic (exact) mass is 261 g/mol. The molecular formula is C14H23N5. The van der Waals surface area contributed by atoms with Crippen LogP contribution in [0.1, 0.15) is 39.5 Å². The van der Waals surface area contributed by atoms with Gasteiger partial charge in [0.15, 0.2) is 11.5 Å². The van der Waals surface area contributed by atoms with Crippen molar-refractivity contribution in [1.29, 1.82) is 0 Å². The van der Waals surface area contributed by atoms with Crippen molar-refractivity contribution in [1.82, 2.24) is 14.4 Å². The van der Waals surface area contributed by atoms with E-state index in [9.17, 15) is 0 Å².